The van der Waals surface area contributed by atoms with Gasteiger partial charge in [0.1, 0.15) is 0 Å². The fourth-order valence-corrected chi connectivity index (χ4v) is 3.70. The molecule has 3 heteroatoms. The molecule has 91 valence electrons. The fraction of sp³-hybridized carbons (Fsp3) is 0.200. The van der Waals surface area contributed by atoms with Gasteiger partial charge in [-0.1, -0.05) is 0 Å². The maximum Gasteiger partial charge on any atom is -1.00 e. The first-order chi connectivity index (χ1) is 7.71. The molecule has 0 N–H and O–H groups in total. The van der Waals surface area contributed by atoms with Crippen LogP contribution in [0.2, 0.25) is 3.12 Å². The molecule has 1 aromatic rings. The van der Waals surface area contributed by atoms with Gasteiger partial charge in [-0.15, -0.1) is 0 Å². The van der Waals surface area contributed by atoms with E-state index in [1.165, 1.54) is 16.7 Å². The second-order valence-corrected chi connectivity index (χ2v) is 6.69. The zero-order valence-electron chi connectivity index (χ0n) is 10.0. The Kier molecular flexibility index (Phi) is 5.24. The van der Waals surface area contributed by atoms with Crippen LogP contribution in [0.25, 0.3) is 6.08 Å². The third-order valence-electron chi connectivity index (χ3n) is 3.52. The van der Waals surface area contributed by atoms with E-state index in [1.807, 2.05) is 0 Å². The van der Waals surface area contributed by atoms with Gasteiger partial charge in [-0.3, -0.25) is 0 Å². The van der Waals surface area contributed by atoms with E-state index in [-0.39, 0.29) is 27.9 Å². The van der Waals surface area contributed by atoms with Gasteiger partial charge < -0.3 is 24.8 Å². The Hall–Kier alpha value is -0.0969. The van der Waals surface area contributed by atoms with Crippen LogP contribution in [0.1, 0.15) is 22.6 Å². The molecule has 0 fully saturated rings. The van der Waals surface area contributed by atoms with Crippen LogP contribution in [0.5, 0.6) is 0 Å². The van der Waals surface area contributed by atoms with Crippen molar-refractivity contribution in [2.75, 3.05) is 0 Å². The molecule has 0 bridgehead atoms. The van der Waals surface area contributed by atoms with E-state index in [2.05, 4.69) is 61.6 Å². The van der Waals surface area contributed by atoms with E-state index in [0.29, 0.717) is 5.92 Å². The number of hydrogen-bond acceptors (Lipinski definition) is 0. The molecule has 0 saturated carbocycles. The molecule has 0 aliphatic heterocycles. The van der Waals surface area contributed by atoms with E-state index in [9.17, 15) is 0 Å². The summed E-state index contributed by atoms with van der Waals surface area (Å²) in [4.78, 5) is 0. The predicted octanol–water partition coefficient (Wildman–Crippen LogP) is -2.06. The molecule has 0 aromatic heterocycles. The van der Waals surface area contributed by atoms with Crippen LogP contribution in [0, 0.1) is 6.92 Å². The van der Waals surface area contributed by atoms with Crippen LogP contribution in [0.3, 0.4) is 0 Å². The maximum absolute atomic E-state index is 2.37. The quantitative estimate of drug-likeness (QED) is 0.544. The monoisotopic (exact) mass is 353 g/mol. The van der Waals surface area contributed by atoms with Crippen LogP contribution in [0.15, 0.2) is 48.6 Å². The Morgan fingerprint density at radius 2 is 1.78 bits per heavy atom. The summed E-state index contributed by atoms with van der Waals surface area (Å²) < 4.78 is 0.252. The number of rotatable bonds is 1. The molecule has 2 aliphatic carbocycles. The molecule has 1 atom stereocenters. The molecule has 0 heterocycles. The molecule has 0 amide bonds. The van der Waals surface area contributed by atoms with Crippen molar-refractivity contribution in [2.24, 2.45) is 0 Å². The third kappa shape index (κ3) is 2.46. The molecule has 2 aliphatic rings. The second-order valence-electron chi connectivity index (χ2n) is 4.57. The molecule has 1 aromatic carbocycles. The van der Waals surface area contributed by atoms with Crippen LogP contribution < -0.4 is 24.8 Å². The summed E-state index contributed by atoms with van der Waals surface area (Å²) in [6, 6.07) is 6.65. The van der Waals surface area contributed by atoms with Gasteiger partial charge in [-0.25, -0.2) is 0 Å². The van der Waals surface area contributed by atoms with Gasteiger partial charge >= 0.3 is 112 Å². The van der Waals surface area contributed by atoms with Gasteiger partial charge in [0.15, 0.2) is 0 Å². The van der Waals surface area contributed by atoms with Gasteiger partial charge in [0.05, 0.1) is 0 Å². The Bertz CT molecular complexity index is 517. The SMILES string of the molecule is Cc1cccc2c1C=CC2[C]1([Zr+2])C=CC=C1.[Cl-].[Cl-]. The van der Waals surface area contributed by atoms with Crippen LogP contribution in [-0.2, 0) is 24.7 Å². The Morgan fingerprint density at radius 3 is 2.44 bits per heavy atom. The fourth-order valence-electron chi connectivity index (χ4n) is 2.61. The van der Waals surface area contributed by atoms with Crippen molar-refractivity contribution in [1.29, 1.82) is 0 Å². The van der Waals surface area contributed by atoms with Gasteiger partial charge in [0.2, 0.25) is 0 Å². The van der Waals surface area contributed by atoms with E-state index < -0.39 is 0 Å². The zero-order chi connectivity index (χ0) is 11.2. The molecule has 0 saturated heterocycles. The van der Waals surface area contributed by atoms with Crippen LogP contribution in [-0.4, -0.2) is 0 Å². The summed E-state index contributed by atoms with van der Waals surface area (Å²) in [6.07, 6.45) is 13.7. The van der Waals surface area contributed by atoms with Crippen molar-refractivity contribution < 1.29 is 49.5 Å². The molecule has 3 rings (SSSR count). The minimum Gasteiger partial charge on any atom is -1.00 e. The summed E-state index contributed by atoms with van der Waals surface area (Å²) in [7, 11) is 0. The Labute approximate surface area is 136 Å². The largest absolute Gasteiger partial charge is 1.00 e. The Morgan fingerprint density at radius 1 is 1.11 bits per heavy atom. The van der Waals surface area contributed by atoms with Crippen molar-refractivity contribution in [3.05, 3.63) is 65.3 Å². The third-order valence-corrected chi connectivity index (χ3v) is 5.10. The van der Waals surface area contributed by atoms with E-state index in [1.54, 1.807) is 24.7 Å². The van der Waals surface area contributed by atoms with Crippen molar-refractivity contribution in [2.45, 2.75) is 16.0 Å². The molecular formula is C15H13Cl2Zr. The second kappa shape index (κ2) is 5.91. The predicted molar refractivity (Wildman–Crippen MR) is 63.9 cm³/mol. The number of hydrogen-bond donors (Lipinski definition) is 0. The normalized spacial score (nSPS) is 21.4. The van der Waals surface area contributed by atoms with E-state index in [4.69, 9.17) is 0 Å². The molecular weight excluding hydrogens is 342 g/mol. The first kappa shape index (κ1) is 16.0. The van der Waals surface area contributed by atoms with Crippen LogP contribution >= 0.6 is 0 Å². The molecule has 0 nitrogen and oxygen atoms in total. The average molecular weight is 355 g/mol. The summed E-state index contributed by atoms with van der Waals surface area (Å²) in [6.45, 7) is 2.20. The minimum atomic E-state index is 0. The summed E-state index contributed by atoms with van der Waals surface area (Å²) in [5.74, 6) is 0.538. The molecule has 0 radical (unpaired) electrons. The summed E-state index contributed by atoms with van der Waals surface area (Å²) >= 11 is 1.57. The maximum atomic E-state index is 2.37. The smallest absolute Gasteiger partial charge is 1.00 e. The molecule has 0 spiro atoms. The number of aryl methyl sites for hydroxylation is 1. The first-order valence-electron chi connectivity index (χ1n) is 5.60. The zero-order valence-corrected chi connectivity index (χ0v) is 14.0. The van der Waals surface area contributed by atoms with Crippen LogP contribution in [0.4, 0.5) is 0 Å². The van der Waals surface area contributed by atoms with Gasteiger partial charge in [0.25, 0.3) is 0 Å². The number of benzene rings is 1. The first-order valence-corrected chi connectivity index (χ1v) is 6.83. The molecule has 18 heavy (non-hydrogen) atoms. The molecule has 1 unspecified atom stereocenters. The topological polar surface area (TPSA) is 0 Å². The van der Waals surface area contributed by atoms with Gasteiger partial charge in [0, 0.05) is 0 Å². The van der Waals surface area contributed by atoms with E-state index >= 15 is 0 Å². The summed E-state index contributed by atoms with van der Waals surface area (Å²) in [5, 5.41) is 0. The standard InChI is InChI=1S/C15H13.2ClH.Zr/c1-11-5-4-8-15-13(11)9-10-14(15)12-6-2-3-7-12;;;/h2-10,14H,1H3;2*1H;/q;;;+2/p-2. The number of allylic oxidation sites excluding steroid dienone is 5. The van der Waals surface area contributed by atoms with Crippen molar-refractivity contribution in [3.8, 4) is 0 Å². The minimum absolute atomic E-state index is 0. The van der Waals surface area contributed by atoms with Crippen molar-refractivity contribution in [3.63, 3.8) is 0 Å². The van der Waals surface area contributed by atoms with Gasteiger partial charge in [-0.2, -0.15) is 0 Å². The summed E-state index contributed by atoms with van der Waals surface area (Å²) in [5.41, 5.74) is 4.32. The Balaban J connectivity index is 0.000000810. The average Bonchev–Trinajstić information content (AvgIpc) is 2.85. The van der Waals surface area contributed by atoms with Crippen molar-refractivity contribution in [1.82, 2.24) is 0 Å². The van der Waals surface area contributed by atoms with E-state index in [0.717, 1.165) is 0 Å². The van der Waals surface area contributed by atoms with Crippen molar-refractivity contribution >= 4 is 6.08 Å². The number of halogens is 2. The van der Waals surface area contributed by atoms with Gasteiger partial charge in [-0.05, 0) is 0 Å². The number of fused-ring (bicyclic) bond motifs is 1.